The summed E-state index contributed by atoms with van der Waals surface area (Å²) in [4.78, 5) is 15.4. The number of aromatic nitrogens is 3. The van der Waals surface area contributed by atoms with Crippen molar-refractivity contribution in [3.63, 3.8) is 0 Å². The Kier molecular flexibility index (Phi) is 8.59. The number of nitrogens with zero attached hydrogens (tertiary/aromatic N) is 4. The van der Waals surface area contributed by atoms with Crippen LogP contribution in [0.1, 0.15) is 63.5 Å². The minimum absolute atomic E-state index is 0.168. The molecule has 1 heterocycles. The van der Waals surface area contributed by atoms with Gasteiger partial charge in [0.2, 0.25) is 0 Å². The molecule has 4 heteroatoms. The van der Waals surface area contributed by atoms with Gasteiger partial charge in [0.1, 0.15) is 0 Å². The molecule has 2 saturated carbocycles. The largest absolute Gasteiger partial charge is 0.208 e. The Balaban J connectivity index is 1.37. The third kappa shape index (κ3) is 6.14. The SMILES string of the molecule is CC[C@@H]1C[C@@H]2C[C@H](C)CC(c3ccc(-c4nc(-c5ccccc5)nc(-c5ccccc5)n4)c(-c4ccccc4-c4ccc(C#N)cc4)c3)(C1)C2. The Morgan fingerprint density at radius 1 is 0.600 bits per heavy atom. The molecule has 0 spiro atoms. The van der Waals surface area contributed by atoms with Gasteiger partial charge in [0.15, 0.2) is 17.5 Å². The van der Waals surface area contributed by atoms with E-state index in [9.17, 15) is 5.26 Å². The molecule has 1 aromatic heterocycles. The lowest BCUT2D eigenvalue weighted by molar-refractivity contribution is 0.0703. The van der Waals surface area contributed by atoms with Crippen LogP contribution in [-0.2, 0) is 5.41 Å². The minimum Gasteiger partial charge on any atom is -0.208 e. The number of benzene rings is 5. The molecule has 2 fully saturated rings. The van der Waals surface area contributed by atoms with Crippen LogP contribution in [-0.4, -0.2) is 15.0 Å². The molecule has 0 amide bonds. The van der Waals surface area contributed by atoms with Gasteiger partial charge in [-0.25, -0.2) is 15.0 Å². The third-order valence-electron chi connectivity index (χ3n) is 11.2. The van der Waals surface area contributed by atoms with Crippen LogP contribution in [0.15, 0.2) is 127 Å². The maximum atomic E-state index is 9.52. The van der Waals surface area contributed by atoms with Gasteiger partial charge in [-0.1, -0.05) is 129 Å². The molecule has 0 saturated heterocycles. The van der Waals surface area contributed by atoms with Crippen molar-refractivity contribution in [2.45, 2.75) is 57.8 Å². The standard InChI is InChI=1S/C46H42N4/c1-3-32-25-34-24-31(2)27-46(28-32,29-34)38-22-23-41(42(26-38)40-17-11-10-16-39(40)35-20-18-33(30-47)19-21-35)45-49-43(36-12-6-4-7-13-36)48-44(50-45)37-14-8-5-9-15-37/h4-23,26,31-32,34H,3,24-25,27-29H2,1-2H3/t31-,32+,34-,46?/m0/s1. The van der Waals surface area contributed by atoms with Crippen molar-refractivity contribution in [2.24, 2.45) is 17.8 Å². The average molecular weight is 651 g/mol. The number of hydrogen-bond acceptors (Lipinski definition) is 4. The summed E-state index contributed by atoms with van der Waals surface area (Å²) in [7, 11) is 0. The lowest BCUT2D eigenvalue weighted by Gasteiger charge is -2.51. The van der Waals surface area contributed by atoms with Crippen molar-refractivity contribution in [2.75, 3.05) is 0 Å². The van der Waals surface area contributed by atoms with Gasteiger partial charge >= 0.3 is 0 Å². The van der Waals surface area contributed by atoms with Gasteiger partial charge in [-0.3, -0.25) is 0 Å². The predicted octanol–water partition coefficient (Wildman–Crippen LogP) is 11.6. The van der Waals surface area contributed by atoms with Gasteiger partial charge in [0.05, 0.1) is 11.6 Å². The monoisotopic (exact) mass is 650 g/mol. The Bertz CT molecular complexity index is 2110. The molecule has 4 nitrogen and oxygen atoms in total. The van der Waals surface area contributed by atoms with Crippen molar-refractivity contribution < 1.29 is 0 Å². The lowest BCUT2D eigenvalue weighted by atomic mass is 9.54. The van der Waals surface area contributed by atoms with Gasteiger partial charge in [0, 0.05) is 16.7 Å². The zero-order valence-corrected chi connectivity index (χ0v) is 28.9. The van der Waals surface area contributed by atoms with E-state index in [-0.39, 0.29) is 5.41 Å². The van der Waals surface area contributed by atoms with E-state index in [2.05, 4.69) is 98.8 Å². The van der Waals surface area contributed by atoms with Crippen LogP contribution in [0.25, 0.3) is 56.4 Å². The maximum Gasteiger partial charge on any atom is 0.164 e. The highest BCUT2D eigenvalue weighted by atomic mass is 15.0. The minimum atomic E-state index is 0.168. The summed E-state index contributed by atoms with van der Waals surface area (Å²) in [5.74, 6) is 4.25. The zero-order valence-electron chi connectivity index (χ0n) is 28.9. The molecule has 50 heavy (non-hydrogen) atoms. The molecule has 2 bridgehead atoms. The van der Waals surface area contributed by atoms with Crippen molar-refractivity contribution in [1.82, 2.24) is 15.0 Å². The molecule has 8 rings (SSSR count). The van der Waals surface area contributed by atoms with E-state index in [1.807, 2.05) is 48.5 Å². The number of hydrogen-bond donors (Lipinski definition) is 0. The molecule has 0 aliphatic heterocycles. The number of rotatable bonds is 7. The zero-order chi connectivity index (χ0) is 34.1. The smallest absolute Gasteiger partial charge is 0.164 e. The summed E-state index contributed by atoms with van der Waals surface area (Å²) in [6, 6.07) is 46.4. The van der Waals surface area contributed by atoms with Gasteiger partial charge in [-0.15, -0.1) is 0 Å². The van der Waals surface area contributed by atoms with Crippen molar-refractivity contribution in [3.05, 3.63) is 139 Å². The second-order valence-corrected chi connectivity index (χ2v) is 14.6. The van der Waals surface area contributed by atoms with Crippen LogP contribution < -0.4 is 0 Å². The van der Waals surface area contributed by atoms with E-state index in [0.29, 0.717) is 29.0 Å². The van der Waals surface area contributed by atoms with E-state index >= 15 is 0 Å². The summed E-state index contributed by atoms with van der Waals surface area (Å²) in [6.45, 7) is 4.84. The maximum absolute atomic E-state index is 9.52. The molecular weight excluding hydrogens is 609 g/mol. The second-order valence-electron chi connectivity index (χ2n) is 14.6. The number of fused-ring (bicyclic) bond motifs is 2. The first kappa shape index (κ1) is 31.8. The Hall–Kier alpha value is -5.40. The Morgan fingerprint density at radius 3 is 1.86 bits per heavy atom. The summed E-state index contributed by atoms with van der Waals surface area (Å²) in [5.41, 5.74) is 9.65. The highest BCUT2D eigenvalue weighted by molar-refractivity contribution is 5.91. The van der Waals surface area contributed by atoms with Crippen molar-refractivity contribution in [1.29, 1.82) is 5.26 Å². The van der Waals surface area contributed by atoms with Gasteiger partial charge < -0.3 is 0 Å². The van der Waals surface area contributed by atoms with E-state index in [0.717, 1.165) is 50.8 Å². The van der Waals surface area contributed by atoms with Crippen LogP contribution in [0, 0.1) is 29.1 Å². The quantitative estimate of drug-likeness (QED) is 0.172. The molecular formula is C46H42N4. The molecule has 4 atom stereocenters. The topological polar surface area (TPSA) is 62.5 Å². The first-order valence-electron chi connectivity index (χ1n) is 18.1. The summed E-state index contributed by atoms with van der Waals surface area (Å²) in [5, 5.41) is 9.52. The summed E-state index contributed by atoms with van der Waals surface area (Å²) >= 11 is 0. The molecule has 6 aromatic rings. The molecule has 2 aliphatic carbocycles. The van der Waals surface area contributed by atoms with Crippen molar-refractivity contribution in [3.8, 4) is 62.5 Å². The van der Waals surface area contributed by atoms with Crippen molar-refractivity contribution >= 4 is 0 Å². The van der Waals surface area contributed by atoms with Crippen LogP contribution in [0.4, 0.5) is 0 Å². The summed E-state index contributed by atoms with van der Waals surface area (Å²) < 4.78 is 0. The fourth-order valence-electron chi connectivity index (χ4n) is 9.07. The first-order chi connectivity index (χ1) is 24.5. The van der Waals surface area contributed by atoms with E-state index in [1.54, 1.807) is 0 Å². The van der Waals surface area contributed by atoms with Crippen LogP contribution in [0.2, 0.25) is 0 Å². The van der Waals surface area contributed by atoms with Crippen LogP contribution in [0.3, 0.4) is 0 Å². The normalized spacial score (nSPS) is 21.3. The fourth-order valence-corrected chi connectivity index (χ4v) is 9.07. The van der Waals surface area contributed by atoms with Gasteiger partial charge in [-0.05, 0) is 101 Å². The predicted molar refractivity (Wildman–Crippen MR) is 203 cm³/mol. The van der Waals surface area contributed by atoms with Gasteiger partial charge in [-0.2, -0.15) is 5.26 Å². The molecule has 0 N–H and O–H groups in total. The highest BCUT2D eigenvalue weighted by Crippen LogP contribution is 2.55. The van der Waals surface area contributed by atoms with E-state index in [4.69, 9.17) is 15.0 Å². The third-order valence-corrected chi connectivity index (χ3v) is 11.2. The molecule has 5 aromatic carbocycles. The second kappa shape index (κ2) is 13.5. The Labute approximate surface area is 296 Å². The van der Waals surface area contributed by atoms with E-state index in [1.165, 1.54) is 44.1 Å². The summed E-state index contributed by atoms with van der Waals surface area (Å²) in [6.07, 6.45) is 7.71. The molecule has 2 aliphatic rings. The van der Waals surface area contributed by atoms with Gasteiger partial charge in [0.25, 0.3) is 0 Å². The molecule has 246 valence electrons. The van der Waals surface area contributed by atoms with Crippen LogP contribution >= 0.6 is 0 Å². The molecule has 0 radical (unpaired) electrons. The first-order valence-corrected chi connectivity index (χ1v) is 18.1. The molecule has 1 unspecified atom stereocenters. The highest BCUT2D eigenvalue weighted by Gasteiger charge is 2.46. The average Bonchev–Trinajstić information content (AvgIpc) is 3.17. The van der Waals surface area contributed by atoms with Crippen LogP contribution in [0.5, 0.6) is 0 Å². The number of nitriles is 1. The fraction of sp³-hybridized carbons (Fsp3) is 0.261. The van der Waals surface area contributed by atoms with E-state index < -0.39 is 0 Å². The Morgan fingerprint density at radius 2 is 1.22 bits per heavy atom. The lowest BCUT2D eigenvalue weighted by Crippen LogP contribution is -2.42.